The first-order valence-electron chi connectivity index (χ1n) is 8.92. The Labute approximate surface area is 153 Å². The first kappa shape index (κ1) is 16.6. The molecule has 3 aromatic rings. The third kappa shape index (κ3) is 2.93. The number of aliphatic hydroxyl groups is 1. The van der Waals surface area contributed by atoms with Crippen molar-refractivity contribution in [2.75, 3.05) is 19.7 Å². The van der Waals surface area contributed by atoms with E-state index in [0.717, 1.165) is 23.2 Å². The van der Waals surface area contributed by atoms with Gasteiger partial charge in [-0.1, -0.05) is 60.7 Å². The summed E-state index contributed by atoms with van der Waals surface area (Å²) >= 11 is 0. The van der Waals surface area contributed by atoms with Gasteiger partial charge in [-0.3, -0.25) is 4.79 Å². The molecule has 0 radical (unpaired) electrons. The largest absolute Gasteiger partial charge is 0.395 e. The number of H-pyrrole nitrogens is 1. The lowest BCUT2D eigenvalue weighted by Crippen LogP contribution is -2.37. The summed E-state index contributed by atoms with van der Waals surface area (Å²) in [4.78, 5) is 18.0. The summed E-state index contributed by atoms with van der Waals surface area (Å²) in [6.07, 6.45) is 0.769. The molecule has 4 heteroatoms. The summed E-state index contributed by atoms with van der Waals surface area (Å²) < 4.78 is 0. The molecule has 2 N–H and O–H groups in total. The van der Waals surface area contributed by atoms with Crippen molar-refractivity contribution in [2.45, 2.75) is 11.8 Å². The number of benzene rings is 2. The molecule has 26 heavy (non-hydrogen) atoms. The predicted molar refractivity (Wildman–Crippen MR) is 102 cm³/mol. The maximum atomic E-state index is 12.9. The molecule has 0 saturated carbocycles. The van der Waals surface area contributed by atoms with Gasteiger partial charge >= 0.3 is 0 Å². The van der Waals surface area contributed by atoms with Gasteiger partial charge in [0, 0.05) is 24.2 Å². The highest BCUT2D eigenvalue weighted by molar-refractivity contribution is 5.93. The molecule has 0 spiro atoms. The Morgan fingerprint density at radius 1 is 1.00 bits per heavy atom. The number of carbonyl (C=O) groups is 1. The van der Waals surface area contributed by atoms with Crippen LogP contribution in [0.5, 0.6) is 0 Å². The van der Waals surface area contributed by atoms with Crippen LogP contribution in [0.15, 0.2) is 72.8 Å². The Kier molecular flexibility index (Phi) is 4.35. The number of amides is 1. The lowest BCUT2D eigenvalue weighted by molar-refractivity contribution is 0.0769. The van der Waals surface area contributed by atoms with Crippen LogP contribution >= 0.6 is 0 Å². The van der Waals surface area contributed by atoms with Gasteiger partial charge in [-0.15, -0.1) is 0 Å². The number of rotatable bonds is 4. The fourth-order valence-corrected chi connectivity index (χ4v) is 3.77. The molecule has 1 amide bonds. The highest BCUT2D eigenvalue weighted by Crippen LogP contribution is 2.35. The number of carbonyl (C=O) groups excluding carboxylic acids is 1. The lowest BCUT2D eigenvalue weighted by Gasteiger charge is -2.27. The van der Waals surface area contributed by atoms with Gasteiger partial charge < -0.3 is 15.0 Å². The van der Waals surface area contributed by atoms with Crippen LogP contribution in [0, 0.1) is 0 Å². The second-order valence-corrected chi connectivity index (χ2v) is 6.93. The summed E-state index contributed by atoms with van der Waals surface area (Å²) in [7, 11) is 0. The number of nitrogens with one attached hydrogen (secondary N) is 1. The average molecular weight is 346 g/mol. The summed E-state index contributed by atoms with van der Waals surface area (Å²) in [6, 6.07) is 23.7. The molecule has 2 heterocycles. The van der Waals surface area contributed by atoms with Gasteiger partial charge in [0.25, 0.3) is 5.91 Å². The number of aliphatic hydroxyl groups excluding tert-OH is 1. The van der Waals surface area contributed by atoms with Gasteiger partial charge in [-0.25, -0.2) is 0 Å². The van der Waals surface area contributed by atoms with Crippen LogP contribution in [-0.2, 0) is 5.41 Å². The van der Waals surface area contributed by atoms with Gasteiger partial charge in [0.05, 0.1) is 6.61 Å². The van der Waals surface area contributed by atoms with Crippen LogP contribution in [0.2, 0.25) is 0 Å². The van der Waals surface area contributed by atoms with Crippen molar-refractivity contribution in [1.82, 2.24) is 9.88 Å². The Hall–Kier alpha value is -2.85. The lowest BCUT2D eigenvalue weighted by atomic mass is 9.80. The molecule has 4 rings (SSSR count). The Bertz CT molecular complexity index is 889. The average Bonchev–Trinajstić information content (AvgIpc) is 3.37. The van der Waals surface area contributed by atoms with Crippen LogP contribution in [0.1, 0.15) is 22.5 Å². The quantitative estimate of drug-likeness (QED) is 0.760. The maximum Gasteiger partial charge on any atom is 0.270 e. The fourth-order valence-electron chi connectivity index (χ4n) is 3.77. The fraction of sp³-hybridized carbons (Fsp3) is 0.227. The molecule has 1 aliphatic rings. The predicted octanol–water partition coefficient (Wildman–Crippen LogP) is 3.46. The van der Waals surface area contributed by atoms with E-state index in [1.807, 2.05) is 77.7 Å². The monoisotopic (exact) mass is 346 g/mol. The van der Waals surface area contributed by atoms with Crippen molar-refractivity contribution in [3.63, 3.8) is 0 Å². The summed E-state index contributed by atoms with van der Waals surface area (Å²) in [5, 5.41) is 10.0. The number of aromatic amines is 1. The second kappa shape index (κ2) is 6.81. The van der Waals surface area contributed by atoms with Gasteiger partial charge in [-0.2, -0.15) is 0 Å². The molecule has 1 fully saturated rings. The van der Waals surface area contributed by atoms with Crippen LogP contribution in [0.3, 0.4) is 0 Å². The topological polar surface area (TPSA) is 56.3 Å². The van der Waals surface area contributed by atoms with Gasteiger partial charge in [0.15, 0.2) is 0 Å². The second-order valence-electron chi connectivity index (χ2n) is 6.93. The molecular formula is C22H22N2O2. The number of hydrogen-bond acceptors (Lipinski definition) is 2. The smallest absolute Gasteiger partial charge is 0.270 e. The minimum atomic E-state index is -0.369. The van der Waals surface area contributed by atoms with E-state index in [1.54, 1.807) is 0 Å². The van der Waals surface area contributed by atoms with Gasteiger partial charge in [-0.05, 0) is 29.7 Å². The summed E-state index contributed by atoms with van der Waals surface area (Å²) in [6.45, 7) is 1.22. The zero-order valence-electron chi connectivity index (χ0n) is 14.6. The van der Waals surface area contributed by atoms with Crippen molar-refractivity contribution in [3.05, 3.63) is 84.1 Å². The van der Waals surface area contributed by atoms with Crippen molar-refractivity contribution in [1.29, 1.82) is 0 Å². The van der Waals surface area contributed by atoms with Crippen LogP contribution in [0.4, 0.5) is 0 Å². The third-order valence-electron chi connectivity index (χ3n) is 5.33. The maximum absolute atomic E-state index is 12.9. The van der Waals surface area contributed by atoms with E-state index < -0.39 is 0 Å². The zero-order valence-corrected chi connectivity index (χ0v) is 14.6. The Balaban J connectivity index is 1.54. The van der Waals surface area contributed by atoms with Crippen molar-refractivity contribution < 1.29 is 9.90 Å². The molecular weight excluding hydrogens is 324 g/mol. The Morgan fingerprint density at radius 2 is 1.69 bits per heavy atom. The molecule has 4 nitrogen and oxygen atoms in total. The minimum absolute atomic E-state index is 0.0153. The summed E-state index contributed by atoms with van der Waals surface area (Å²) in [5.74, 6) is -0.0153. The van der Waals surface area contributed by atoms with E-state index in [9.17, 15) is 9.90 Å². The highest BCUT2D eigenvalue weighted by Gasteiger charge is 2.41. The summed E-state index contributed by atoms with van der Waals surface area (Å²) in [5.41, 5.74) is 3.30. The molecule has 2 aromatic carbocycles. The number of likely N-dealkylation sites (tertiary alicyclic amines) is 1. The van der Waals surface area contributed by atoms with E-state index in [1.165, 1.54) is 0 Å². The van der Waals surface area contributed by atoms with Crippen LogP contribution in [-0.4, -0.2) is 40.6 Å². The van der Waals surface area contributed by atoms with Crippen molar-refractivity contribution in [2.24, 2.45) is 0 Å². The van der Waals surface area contributed by atoms with E-state index in [0.29, 0.717) is 18.8 Å². The molecule has 1 aliphatic heterocycles. The molecule has 1 atom stereocenters. The number of nitrogens with zero attached hydrogens (tertiary/aromatic N) is 1. The Morgan fingerprint density at radius 3 is 2.38 bits per heavy atom. The number of hydrogen-bond donors (Lipinski definition) is 2. The molecule has 1 unspecified atom stereocenters. The minimum Gasteiger partial charge on any atom is -0.395 e. The van der Waals surface area contributed by atoms with Gasteiger partial charge in [0.2, 0.25) is 0 Å². The molecule has 0 bridgehead atoms. The van der Waals surface area contributed by atoms with Crippen LogP contribution in [0.25, 0.3) is 11.3 Å². The van der Waals surface area contributed by atoms with E-state index in [-0.39, 0.29) is 17.9 Å². The zero-order chi connectivity index (χ0) is 18.0. The molecule has 132 valence electrons. The van der Waals surface area contributed by atoms with E-state index in [2.05, 4.69) is 4.98 Å². The van der Waals surface area contributed by atoms with Crippen molar-refractivity contribution >= 4 is 5.91 Å². The molecule has 0 aliphatic carbocycles. The number of aromatic nitrogens is 1. The van der Waals surface area contributed by atoms with E-state index in [4.69, 9.17) is 0 Å². The standard InChI is InChI=1S/C22H22N2O2/c25-16-22(18-9-5-2-6-10-18)13-14-24(15-22)21(26)20-12-11-19(23-20)17-7-3-1-4-8-17/h1-12,23,25H,13-16H2. The highest BCUT2D eigenvalue weighted by atomic mass is 16.3. The SMILES string of the molecule is O=C(c1ccc(-c2ccccc2)[nH]1)N1CCC(CO)(c2ccccc2)C1. The van der Waals surface area contributed by atoms with E-state index >= 15 is 0 Å². The van der Waals surface area contributed by atoms with Gasteiger partial charge in [0.1, 0.15) is 5.69 Å². The normalized spacial score (nSPS) is 19.7. The van der Waals surface area contributed by atoms with Crippen molar-refractivity contribution in [3.8, 4) is 11.3 Å². The molecule has 1 aromatic heterocycles. The first-order chi connectivity index (χ1) is 12.7. The first-order valence-corrected chi connectivity index (χ1v) is 8.92. The molecule has 1 saturated heterocycles. The van der Waals surface area contributed by atoms with Crippen LogP contribution < -0.4 is 0 Å². The third-order valence-corrected chi connectivity index (χ3v) is 5.33.